The molecule has 4 saturated carbocycles. The van der Waals surface area contributed by atoms with Crippen LogP contribution < -0.4 is 5.32 Å². The number of nitrogens with one attached hydrogen (secondary N) is 1. The number of carbonyl (C=O) groups is 3. The Balaban J connectivity index is 1.62. The molecular formula is C32H46N2O4. The monoisotopic (exact) mass is 522 g/mol. The molecule has 0 aromatic heterocycles. The van der Waals surface area contributed by atoms with Crippen molar-refractivity contribution in [1.82, 2.24) is 5.32 Å². The summed E-state index contributed by atoms with van der Waals surface area (Å²) in [7, 11) is 1.41. The van der Waals surface area contributed by atoms with E-state index in [1.165, 1.54) is 7.11 Å². The van der Waals surface area contributed by atoms with Gasteiger partial charge in [-0.25, -0.2) is 4.79 Å². The molecule has 0 aliphatic heterocycles. The van der Waals surface area contributed by atoms with Crippen LogP contribution in [0.5, 0.6) is 0 Å². The van der Waals surface area contributed by atoms with Crippen LogP contribution in [0, 0.1) is 62.1 Å². The highest BCUT2D eigenvalue weighted by molar-refractivity contribution is 6.04. The molecule has 1 N–H and O–H groups in total. The van der Waals surface area contributed by atoms with Crippen LogP contribution in [0.3, 0.4) is 0 Å². The first-order valence-electron chi connectivity index (χ1n) is 14.6. The quantitative estimate of drug-likeness (QED) is 0.430. The molecule has 0 radical (unpaired) electrons. The van der Waals surface area contributed by atoms with Crippen LogP contribution in [0.4, 0.5) is 4.79 Å². The van der Waals surface area contributed by atoms with Crippen molar-refractivity contribution >= 4 is 17.7 Å². The van der Waals surface area contributed by atoms with Crippen molar-refractivity contribution in [3.8, 4) is 6.07 Å². The molecule has 4 fully saturated rings. The molecule has 0 aromatic rings. The third-order valence-electron chi connectivity index (χ3n) is 13.0. The van der Waals surface area contributed by atoms with Crippen molar-refractivity contribution in [2.45, 2.75) is 105 Å². The summed E-state index contributed by atoms with van der Waals surface area (Å²) < 4.78 is 5.07. The van der Waals surface area contributed by atoms with E-state index < -0.39 is 22.5 Å². The third-order valence-corrected chi connectivity index (χ3v) is 13.0. The fraction of sp³-hybridized carbons (Fsp3) is 0.812. The minimum atomic E-state index is -0.629. The number of alkyl carbamates (subject to hydrolysis) is 1. The summed E-state index contributed by atoms with van der Waals surface area (Å²) >= 11 is 0. The largest absolute Gasteiger partial charge is 0.453 e. The predicted octanol–water partition coefficient (Wildman–Crippen LogP) is 6.39. The first-order valence-corrected chi connectivity index (χ1v) is 14.6. The number of carbonyl (C=O) groups excluding carboxylic acids is 3. The number of nitriles is 1. The second kappa shape index (κ2) is 8.18. The summed E-state index contributed by atoms with van der Waals surface area (Å²) in [5.74, 6) is 0.343. The zero-order valence-corrected chi connectivity index (χ0v) is 24.6. The predicted molar refractivity (Wildman–Crippen MR) is 145 cm³/mol. The van der Waals surface area contributed by atoms with Gasteiger partial charge in [0.2, 0.25) is 0 Å². The number of ether oxygens (including phenoxy) is 1. The van der Waals surface area contributed by atoms with Gasteiger partial charge in [0.1, 0.15) is 11.9 Å². The van der Waals surface area contributed by atoms with Gasteiger partial charge >= 0.3 is 6.09 Å². The molecule has 5 aliphatic carbocycles. The molecular weight excluding hydrogens is 476 g/mol. The molecule has 0 bridgehead atoms. The second-order valence-corrected chi connectivity index (χ2v) is 15.5. The zero-order chi connectivity index (χ0) is 28.1. The summed E-state index contributed by atoms with van der Waals surface area (Å²) in [5, 5.41) is 13.2. The fourth-order valence-corrected chi connectivity index (χ4v) is 10.8. The number of methoxy groups -OCH3 is 1. The number of nitrogens with zero attached hydrogens (tertiary/aromatic N) is 1. The number of fused-ring (bicyclic) bond motifs is 7. The van der Waals surface area contributed by atoms with Gasteiger partial charge in [0.15, 0.2) is 5.78 Å². The Kier molecular flexibility index (Phi) is 5.90. The van der Waals surface area contributed by atoms with E-state index in [2.05, 4.69) is 46.0 Å². The highest BCUT2D eigenvalue weighted by Crippen LogP contribution is 2.74. The van der Waals surface area contributed by atoms with Crippen molar-refractivity contribution in [1.29, 1.82) is 5.26 Å². The van der Waals surface area contributed by atoms with Gasteiger partial charge < -0.3 is 10.1 Å². The van der Waals surface area contributed by atoms with E-state index in [4.69, 9.17) is 4.74 Å². The van der Waals surface area contributed by atoms with Gasteiger partial charge in [0.05, 0.1) is 12.7 Å². The van der Waals surface area contributed by atoms with Gasteiger partial charge in [-0.3, -0.25) is 9.59 Å². The SMILES string of the molecule is COC(=O)N[C@]12CCC(C)(C)C[C@@H]1C1C(=O)C[C@@H]3[C@@]4(C)C=C(C#N)C(=O)C(C)(C)[C@@H]4CC[C@@]3(C)[C@]1(C)CC2. The second-order valence-electron chi connectivity index (χ2n) is 15.5. The number of Topliss-reactive ketones (excluding diaryl/α,β-unsaturated/α-hetero) is 2. The topological polar surface area (TPSA) is 96.3 Å². The molecule has 5 aliphatic rings. The van der Waals surface area contributed by atoms with Gasteiger partial charge in [-0.1, -0.05) is 54.5 Å². The Morgan fingerprint density at radius 2 is 1.63 bits per heavy atom. The van der Waals surface area contributed by atoms with Crippen LogP contribution >= 0.6 is 0 Å². The van der Waals surface area contributed by atoms with Crippen molar-refractivity contribution in [3.05, 3.63) is 11.6 Å². The van der Waals surface area contributed by atoms with Gasteiger partial charge in [0.25, 0.3) is 0 Å². The molecule has 0 spiro atoms. The molecule has 1 amide bonds. The Labute approximate surface area is 228 Å². The van der Waals surface area contributed by atoms with Crippen LogP contribution in [0.15, 0.2) is 11.6 Å². The molecule has 0 aromatic carbocycles. The Bertz CT molecular complexity index is 1160. The normalized spacial score (nSPS) is 46.8. The van der Waals surface area contributed by atoms with Crippen LogP contribution in [0.1, 0.15) is 99.8 Å². The molecule has 5 rings (SSSR count). The number of ketones is 2. The lowest BCUT2D eigenvalue weighted by molar-refractivity contribution is -0.214. The summed E-state index contributed by atoms with van der Waals surface area (Å²) in [4.78, 5) is 40.3. The highest BCUT2D eigenvalue weighted by Gasteiger charge is 2.72. The summed E-state index contributed by atoms with van der Waals surface area (Å²) in [5.41, 5.74) is -1.43. The molecule has 1 unspecified atom stereocenters. The minimum absolute atomic E-state index is 0.0573. The maximum absolute atomic E-state index is 14.5. The van der Waals surface area contributed by atoms with Gasteiger partial charge in [-0.2, -0.15) is 5.26 Å². The number of amides is 1. The molecule has 208 valence electrons. The molecule has 0 saturated heterocycles. The third kappa shape index (κ3) is 3.38. The molecule has 8 atom stereocenters. The van der Waals surface area contributed by atoms with Crippen molar-refractivity contribution in [2.75, 3.05) is 7.11 Å². The van der Waals surface area contributed by atoms with Crippen molar-refractivity contribution in [2.24, 2.45) is 50.7 Å². The van der Waals surface area contributed by atoms with E-state index >= 15 is 0 Å². The average Bonchev–Trinajstić information content (AvgIpc) is 2.83. The zero-order valence-electron chi connectivity index (χ0n) is 24.6. The number of allylic oxidation sites excluding steroid dienone is 2. The Morgan fingerprint density at radius 3 is 2.26 bits per heavy atom. The molecule has 6 nitrogen and oxygen atoms in total. The summed E-state index contributed by atoms with van der Waals surface area (Å²) in [6.45, 7) is 15.5. The van der Waals surface area contributed by atoms with Crippen LogP contribution in [0.2, 0.25) is 0 Å². The molecule has 6 heteroatoms. The summed E-state index contributed by atoms with van der Waals surface area (Å²) in [6, 6.07) is 2.20. The van der Waals surface area contributed by atoms with Gasteiger partial charge in [-0.05, 0) is 84.4 Å². The first-order chi connectivity index (χ1) is 17.5. The van der Waals surface area contributed by atoms with E-state index in [9.17, 15) is 19.6 Å². The smallest absolute Gasteiger partial charge is 0.407 e. The van der Waals surface area contributed by atoms with E-state index in [1.807, 2.05) is 19.9 Å². The maximum Gasteiger partial charge on any atom is 0.407 e. The van der Waals surface area contributed by atoms with Gasteiger partial charge in [-0.15, -0.1) is 0 Å². The first kappa shape index (κ1) is 27.4. The van der Waals surface area contributed by atoms with E-state index in [1.54, 1.807) is 0 Å². The minimum Gasteiger partial charge on any atom is -0.453 e. The Morgan fingerprint density at radius 1 is 0.974 bits per heavy atom. The maximum atomic E-state index is 14.5. The number of hydrogen-bond donors (Lipinski definition) is 1. The van der Waals surface area contributed by atoms with Crippen LogP contribution in [-0.4, -0.2) is 30.3 Å². The Hall–Kier alpha value is -2.16. The number of hydrogen-bond acceptors (Lipinski definition) is 5. The fourth-order valence-electron chi connectivity index (χ4n) is 10.8. The lowest BCUT2D eigenvalue weighted by Gasteiger charge is -2.72. The summed E-state index contributed by atoms with van der Waals surface area (Å²) in [6.07, 6.45) is 8.40. The van der Waals surface area contributed by atoms with Crippen LogP contribution in [-0.2, 0) is 14.3 Å². The lowest BCUT2D eigenvalue weighted by Crippen LogP contribution is -2.72. The van der Waals surface area contributed by atoms with Crippen molar-refractivity contribution < 1.29 is 19.1 Å². The van der Waals surface area contributed by atoms with Crippen molar-refractivity contribution in [3.63, 3.8) is 0 Å². The van der Waals surface area contributed by atoms with E-state index in [-0.39, 0.29) is 51.3 Å². The molecule has 38 heavy (non-hydrogen) atoms. The van der Waals surface area contributed by atoms with Gasteiger partial charge in [0, 0.05) is 23.3 Å². The standard InChI is InChI=1S/C32H46N2O4/c1-27(2)11-13-32(34-26(37)38-8)14-12-31(7)24(20(32)17-27)21(35)15-23-29(5)16-19(18-33)25(36)28(3,4)22(29)9-10-30(23,31)6/h16,20,22-24H,9-15,17H2,1-8H3,(H,34,37)/t20-,22+,23-,24?,29+,30-,31-,32+/m1/s1. The number of rotatable bonds is 1. The van der Waals surface area contributed by atoms with E-state index in [0.29, 0.717) is 12.2 Å². The highest BCUT2D eigenvalue weighted by atomic mass is 16.5. The van der Waals surface area contributed by atoms with E-state index in [0.717, 1.165) is 44.9 Å². The average molecular weight is 523 g/mol. The molecule has 0 heterocycles. The van der Waals surface area contributed by atoms with Crippen LogP contribution in [0.25, 0.3) is 0 Å². The lowest BCUT2D eigenvalue weighted by atomic mass is 9.32.